The molecule has 70 valence electrons. The molecule has 13 heavy (non-hydrogen) atoms. The van der Waals surface area contributed by atoms with Gasteiger partial charge in [0.2, 0.25) is 0 Å². The van der Waals surface area contributed by atoms with E-state index >= 15 is 0 Å². The minimum atomic E-state index is 0.150. The highest BCUT2D eigenvalue weighted by Gasteiger charge is 2.26. The molecule has 2 heteroatoms. The maximum Gasteiger partial charge on any atom is 0.175 e. The summed E-state index contributed by atoms with van der Waals surface area (Å²) in [6.45, 7) is 4.98. The molecule has 1 aliphatic rings. The monoisotopic (exact) mass is 178 g/mol. The van der Waals surface area contributed by atoms with Crippen molar-refractivity contribution in [3.05, 3.63) is 23.8 Å². The highest BCUT2D eigenvalue weighted by Crippen LogP contribution is 2.50. The molecule has 0 spiro atoms. The van der Waals surface area contributed by atoms with E-state index in [1.807, 2.05) is 12.1 Å². The van der Waals surface area contributed by atoms with Gasteiger partial charge in [-0.15, -0.1) is 0 Å². The van der Waals surface area contributed by atoms with E-state index in [0.29, 0.717) is 0 Å². The zero-order valence-electron chi connectivity index (χ0n) is 8.04. The lowest BCUT2D eigenvalue weighted by Gasteiger charge is -2.10. The van der Waals surface area contributed by atoms with Crippen LogP contribution in [0.4, 0.5) is 0 Å². The molecule has 2 rings (SSSR count). The molecular weight excluding hydrogens is 164 g/mol. The molecule has 0 fully saturated rings. The number of hydrogen-bond donors (Lipinski definition) is 0. The van der Waals surface area contributed by atoms with Crippen molar-refractivity contribution in [1.29, 1.82) is 0 Å². The van der Waals surface area contributed by atoms with Crippen molar-refractivity contribution in [3.63, 3.8) is 0 Å². The summed E-state index contributed by atoms with van der Waals surface area (Å²) in [6, 6.07) is 6.05. The molecule has 0 radical (unpaired) electrons. The van der Waals surface area contributed by atoms with Crippen LogP contribution in [0.1, 0.15) is 31.9 Å². The van der Waals surface area contributed by atoms with Crippen molar-refractivity contribution >= 4 is 0 Å². The van der Waals surface area contributed by atoms with Crippen molar-refractivity contribution in [1.82, 2.24) is 0 Å². The summed E-state index contributed by atoms with van der Waals surface area (Å²) in [5.41, 5.74) is 1.17. The van der Waals surface area contributed by atoms with Gasteiger partial charge in [-0.2, -0.15) is 0 Å². The summed E-state index contributed by atoms with van der Waals surface area (Å²) < 4.78 is 10.9. The van der Waals surface area contributed by atoms with Gasteiger partial charge in [0.25, 0.3) is 0 Å². The van der Waals surface area contributed by atoms with Gasteiger partial charge in [0, 0.05) is 12.2 Å². The number of fused-ring (bicyclic) bond motifs is 1. The van der Waals surface area contributed by atoms with Crippen LogP contribution in [0, 0.1) is 0 Å². The fourth-order valence-electron chi connectivity index (χ4n) is 1.41. The molecule has 0 amide bonds. The van der Waals surface area contributed by atoms with Crippen LogP contribution in [0.5, 0.6) is 11.5 Å². The van der Waals surface area contributed by atoms with Crippen LogP contribution in [-0.4, -0.2) is 6.61 Å². The van der Waals surface area contributed by atoms with E-state index in [0.717, 1.165) is 24.5 Å². The fourth-order valence-corrected chi connectivity index (χ4v) is 1.41. The van der Waals surface area contributed by atoms with Gasteiger partial charge in [-0.05, 0) is 19.4 Å². The number of ether oxygens (including phenoxy) is 2. The Morgan fingerprint density at radius 2 is 2.31 bits per heavy atom. The largest absolute Gasteiger partial charge is 0.449 e. The van der Waals surface area contributed by atoms with Crippen LogP contribution in [0.2, 0.25) is 0 Å². The van der Waals surface area contributed by atoms with E-state index in [9.17, 15) is 0 Å². The standard InChI is InChI=1S/C11H14O2/c1-3-7-12-8(2)9-5-4-6-10-11(9)13-10/h4-6,8H,3,7H2,1-2H3. The van der Waals surface area contributed by atoms with Gasteiger partial charge in [0.1, 0.15) is 0 Å². The number of rotatable bonds is 4. The summed E-state index contributed by atoms with van der Waals surface area (Å²) in [5, 5.41) is 0. The lowest BCUT2D eigenvalue weighted by molar-refractivity contribution is 0.0660. The number of para-hydroxylation sites is 1. The van der Waals surface area contributed by atoms with Gasteiger partial charge in [-0.1, -0.05) is 19.1 Å². The summed E-state index contributed by atoms with van der Waals surface area (Å²) in [7, 11) is 0. The van der Waals surface area contributed by atoms with Crippen molar-refractivity contribution in [2.45, 2.75) is 26.4 Å². The molecule has 1 aromatic rings. The Hall–Kier alpha value is -1.02. The van der Waals surface area contributed by atoms with Crippen LogP contribution in [0.3, 0.4) is 0 Å². The predicted octanol–water partition coefficient (Wildman–Crippen LogP) is 3.28. The fraction of sp³-hybridized carbons (Fsp3) is 0.455. The quantitative estimate of drug-likeness (QED) is 0.670. The zero-order chi connectivity index (χ0) is 9.26. The Morgan fingerprint density at radius 3 is 3.08 bits per heavy atom. The van der Waals surface area contributed by atoms with Crippen LogP contribution in [0.15, 0.2) is 18.2 Å². The van der Waals surface area contributed by atoms with E-state index in [1.165, 1.54) is 5.56 Å². The second-order valence-corrected chi connectivity index (χ2v) is 3.29. The maximum atomic E-state index is 5.61. The van der Waals surface area contributed by atoms with Crippen molar-refractivity contribution < 1.29 is 9.47 Å². The Labute approximate surface area is 78.5 Å². The first-order valence-electron chi connectivity index (χ1n) is 4.75. The molecule has 0 saturated carbocycles. The number of benzene rings is 1. The first-order valence-corrected chi connectivity index (χ1v) is 4.75. The third-order valence-corrected chi connectivity index (χ3v) is 2.19. The first-order chi connectivity index (χ1) is 6.33. The van der Waals surface area contributed by atoms with E-state index in [1.54, 1.807) is 0 Å². The van der Waals surface area contributed by atoms with E-state index in [2.05, 4.69) is 19.9 Å². The highest BCUT2D eigenvalue weighted by atomic mass is 16.6. The van der Waals surface area contributed by atoms with Gasteiger partial charge in [0.05, 0.1) is 6.10 Å². The van der Waals surface area contributed by atoms with E-state index < -0.39 is 0 Å². The molecule has 0 N–H and O–H groups in total. The lowest BCUT2D eigenvalue weighted by atomic mass is 10.1. The third-order valence-electron chi connectivity index (χ3n) is 2.19. The van der Waals surface area contributed by atoms with Gasteiger partial charge < -0.3 is 9.47 Å². The molecule has 0 aromatic heterocycles. The maximum absolute atomic E-state index is 5.61. The minimum absolute atomic E-state index is 0.150. The molecule has 1 unspecified atom stereocenters. The molecule has 1 atom stereocenters. The summed E-state index contributed by atoms with van der Waals surface area (Å²) >= 11 is 0. The Balaban J connectivity index is 2.05. The molecule has 0 aliphatic carbocycles. The van der Waals surface area contributed by atoms with E-state index in [-0.39, 0.29) is 6.10 Å². The number of hydrogen-bond acceptors (Lipinski definition) is 2. The molecule has 0 bridgehead atoms. The van der Waals surface area contributed by atoms with Crippen molar-refractivity contribution in [3.8, 4) is 11.5 Å². The average Bonchev–Trinajstić information content (AvgIpc) is 2.92. The Kier molecular flexibility index (Phi) is 2.23. The van der Waals surface area contributed by atoms with Crippen molar-refractivity contribution in [2.24, 2.45) is 0 Å². The molecule has 1 aromatic carbocycles. The smallest absolute Gasteiger partial charge is 0.175 e. The molecule has 1 aliphatic heterocycles. The first kappa shape index (κ1) is 8.57. The van der Waals surface area contributed by atoms with Crippen LogP contribution < -0.4 is 4.74 Å². The molecule has 1 heterocycles. The van der Waals surface area contributed by atoms with Gasteiger partial charge >= 0.3 is 0 Å². The average molecular weight is 178 g/mol. The highest BCUT2D eigenvalue weighted by molar-refractivity contribution is 5.59. The van der Waals surface area contributed by atoms with Gasteiger partial charge in [-0.25, -0.2) is 0 Å². The van der Waals surface area contributed by atoms with Gasteiger partial charge in [0.15, 0.2) is 11.5 Å². The van der Waals surface area contributed by atoms with Gasteiger partial charge in [-0.3, -0.25) is 0 Å². The summed E-state index contributed by atoms with van der Waals surface area (Å²) in [4.78, 5) is 0. The lowest BCUT2D eigenvalue weighted by Crippen LogP contribution is -1.99. The van der Waals surface area contributed by atoms with E-state index in [4.69, 9.17) is 9.47 Å². The van der Waals surface area contributed by atoms with Crippen LogP contribution in [-0.2, 0) is 4.74 Å². The zero-order valence-corrected chi connectivity index (χ0v) is 8.04. The second-order valence-electron chi connectivity index (χ2n) is 3.29. The SMILES string of the molecule is CCCOC(C)c1cccc2c1O2. The second kappa shape index (κ2) is 3.38. The van der Waals surface area contributed by atoms with Crippen LogP contribution in [0.25, 0.3) is 0 Å². The molecule has 0 saturated heterocycles. The molecule has 2 nitrogen and oxygen atoms in total. The predicted molar refractivity (Wildman–Crippen MR) is 51.2 cm³/mol. The minimum Gasteiger partial charge on any atom is -0.449 e. The topological polar surface area (TPSA) is 21.8 Å². The molecular formula is C11H14O2. The van der Waals surface area contributed by atoms with Crippen LogP contribution >= 0.6 is 0 Å². The Morgan fingerprint density at radius 1 is 1.46 bits per heavy atom. The summed E-state index contributed by atoms with van der Waals surface area (Å²) in [5.74, 6) is 2.02. The van der Waals surface area contributed by atoms with Crippen molar-refractivity contribution in [2.75, 3.05) is 6.61 Å². The third kappa shape index (κ3) is 1.68. The Bertz CT molecular complexity index is 307. The summed E-state index contributed by atoms with van der Waals surface area (Å²) in [6.07, 6.45) is 1.21. The normalized spacial score (nSPS) is 14.6.